The Kier molecular flexibility index (Phi) is 6.00. The first kappa shape index (κ1) is 24.9. The van der Waals surface area contributed by atoms with E-state index in [-0.39, 0.29) is 29.5 Å². The van der Waals surface area contributed by atoms with Crippen LogP contribution in [-0.2, 0) is 9.53 Å². The Morgan fingerprint density at radius 3 is 2.61 bits per heavy atom. The highest BCUT2D eigenvalue weighted by Gasteiger charge is 2.63. The molecule has 2 aromatic carbocycles. The molecule has 1 N–H and O–H groups in total. The van der Waals surface area contributed by atoms with E-state index in [1.165, 1.54) is 22.8 Å². The Morgan fingerprint density at radius 2 is 1.87 bits per heavy atom. The summed E-state index contributed by atoms with van der Waals surface area (Å²) in [4.78, 5) is 14.3. The molecule has 0 saturated heterocycles. The number of halogens is 1. The van der Waals surface area contributed by atoms with Gasteiger partial charge in [0.05, 0.1) is 11.8 Å². The predicted octanol–water partition coefficient (Wildman–Crippen LogP) is 5.91. The highest BCUT2D eigenvalue weighted by molar-refractivity contribution is 5.84. The molecule has 0 aromatic heterocycles. The van der Waals surface area contributed by atoms with Crippen LogP contribution in [0, 0.1) is 29.0 Å². The molecular formula is C33H34FNO3. The average molecular weight is 512 g/mol. The standard InChI is InChI=1S/C33H34FNO3/c1-32-19-27(21-8-10-24(11-9-21)35(2)3)30-26-13-12-25(36)18-23(26)20-38-31(30)28(32)15-17-33(32,37)16-14-22-6-4-5-7-29(22)34/h4-11,20,27-28,31,37H,12-13,15,17-19H2,1-3H3/t27-,28+,31+,32+,33+/m1/s1. The lowest BCUT2D eigenvalue weighted by atomic mass is 9.55. The van der Waals surface area contributed by atoms with Crippen molar-refractivity contribution in [2.24, 2.45) is 11.3 Å². The molecule has 1 heterocycles. The summed E-state index contributed by atoms with van der Waals surface area (Å²) < 4.78 is 20.8. The molecule has 4 nitrogen and oxygen atoms in total. The number of hydrogen-bond donors (Lipinski definition) is 1. The summed E-state index contributed by atoms with van der Waals surface area (Å²) in [5.41, 5.74) is 4.35. The number of ketones is 1. The van der Waals surface area contributed by atoms with Gasteiger partial charge in [0.25, 0.3) is 0 Å². The van der Waals surface area contributed by atoms with E-state index >= 15 is 0 Å². The number of Topliss-reactive ketones (excluding diaryl/α,β-unsaturated/α-hetero) is 1. The summed E-state index contributed by atoms with van der Waals surface area (Å²) in [5, 5.41) is 12.1. The minimum Gasteiger partial charge on any atom is -0.493 e. The lowest BCUT2D eigenvalue weighted by molar-refractivity contribution is -0.119. The minimum absolute atomic E-state index is 0.0317. The van der Waals surface area contributed by atoms with Crippen molar-refractivity contribution in [3.63, 3.8) is 0 Å². The summed E-state index contributed by atoms with van der Waals surface area (Å²) in [6.45, 7) is 2.14. The number of ether oxygens (including phenoxy) is 1. The van der Waals surface area contributed by atoms with Gasteiger partial charge in [-0.25, -0.2) is 4.39 Å². The van der Waals surface area contributed by atoms with Crippen molar-refractivity contribution in [2.45, 2.75) is 63.1 Å². The van der Waals surface area contributed by atoms with Crippen molar-refractivity contribution in [2.75, 3.05) is 19.0 Å². The van der Waals surface area contributed by atoms with E-state index < -0.39 is 11.0 Å². The van der Waals surface area contributed by atoms with Gasteiger partial charge in [-0.3, -0.25) is 4.79 Å². The maximum absolute atomic E-state index is 14.4. The molecule has 4 aliphatic rings. The third-order valence-corrected chi connectivity index (χ3v) is 9.48. The molecule has 0 radical (unpaired) electrons. The molecular weight excluding hydrogens is 477 g/mol. The van der Waals surface area contributed by atoms with E-state index in [9.17, 15) is 14.3 Å². The number of rotatable bonds is 2. The predicted molar refractivity (Wildman–Crippen MR) is 146 cm³/mol. The first-order valence-electron chi connectivity index (χ1n) is 13.6. The van der Waals surface area contributed by atoms with Gasteiger partial charge in [0.15, 0.2) is 0 Å². The SMILES string of the molecule is CN(C)c1ccc([C@H]2C[C@@]3(C)[C@@H](CC[C@@]3(O)C#Cc3ccccc3F)[C@@H]3OC=C4CC(=O)CCC4=C32)cc1. The van der Waals surface area contributed by atoms with E-state index in [1.54, 1.807) is 24.5 Å². The van der Waals surface area contributed by atoms with Crippen LogP contribution in [0.25, 0.3) is 0 Å². The molecule has 0 spiro atoms. The lowest BCUT2D eigenvalue weighted by Crippen LogP contribution is -2.53. The van der Waals surface area contributed by atoms with Crippen LogP contribution in [0.1, 0.15) is 62.5 Å². The van der Waals surface area contributed by atoms with Crippen LogP contribution < -0.4 is 4.90 Å². The summed E-state index contributed by atoms with van der Waals surface area (Å²) in [7, 11) is 4.06. The molecule has 196 valence electrons. The number of hydrogen-bond acceptors (Lipinski definition) is 4. The molecule has 3 fully saturated rings. The molecule has 3 saturated carbocycles. The van der Waals surface area contributed by atoms with Crippen LogP contribution in [0.4, 0.5) is 10.1 Å². The monoisotopic (exact) mass is 511 g/mol. The van der Waals surface area contributed by atoms with Gasteiger partial charge in [0.2, 0.25) is 0 Å². The Morgan fingerprint density at radius 1 is 1.11 bits per heavy atom. The van der Waals surface area contributed by atoms with Crippen molar-refractivity contribution >= 4 is 11.5 Å². The Hall–Kier alpha value is -3.36. The van der Waals surface area contributed by atoms with Gasteiger partial charge >= 0.3 is 0 Å². The third kappa shape index (κ3) is 3.89. The summed E-state index contributed by atoms with van der Waals surface area (Å²) in [6, 6.07) is 15.1. The van der Waals surface area contributed by atoms with Gasteiger partial charge in [-0.05, 0) is 72.2 Å². The zero-order valence-electron chi connectivity index (χ0n) is 22.3. The molecule has 38 heavy (non-hydrogen) atoms. The van der Waals surface area contributed by atoms with Crippen LogP contribution in [-0.4, -0.2) is 36.7 Å². The zero-order valence-corrected chi connectivity index (χ0v) is 22.3. The van der Waals surface area contributed by atoms with E-state index in [2.05, 4.69) is 47.9 Å². The number of aliphatic hydroxyl groups is 1. The number of fused-ring (bicyclic) bond motifs is 4. The van der Waals surface area contributed by atoms with E-state index in [0.717, 1.165) is 24.1 Å². The lowest BCUT2D eigenvalue weighted by Gasteiger charge is -2.52. The number of anilines is 1. The summed E-state index contributed by atoms with van der Waals surface area (Å²) in [6.07, 6.45) is 5.36. The molecule has 3 aliphatic carbocycles. The normalized spacial score (nSPS) is 31.8. The Bertz CT molecular complexity index is 1410. The number of benzene rings is 2. The van der Waals surface area contributed by atoms with E-state index in [0.29, 0.717) is 31.2 Å². The van der Waals surface area contributed by atoms with Gasteiger partial charge in [0, 0.05) is 49.9 Å². The maximum Gasteiger partial charge on any atom is 0.138 e. The van der Waals surface area contributed by atoms with Crippen molar-refractivity contribution in [3.8, 4) is 11.8 Å². The molecule has 0 amide bonds. The van der Waals surface area contributed by atoms with Crippen molar-refractivity contribution in [1.82, 2.24) is 0 Å². The summed E-state index contributed by atoms with van der Waals surface area (Å²) >= 11 is 0. The smallest absolute Gasteiger partial charge is 0.138 e. The highest BCUT2D eigenvalue weighted by Crippen LogP contribution is 2.64. The van der Waals surface area contributed by atoms with Gasteiger partial charge in [0.1, 0.15) is 23.3 Å². The van der Waals surface area contributed by atoms with Crippen LogP contribution in [0.5, 0.6) is 0 Å². The first-order chi connectivity index (χ1) is 18.2. The third-order valence-electron chi connectivity index (χ3n) is 9.48. The minimum atomic E-state index is -1.27. The Balaban J connectivity index is 1.45. The van der Waals surface area contributed by atoms with Crippen LogP contribution in [0.3, 0.4) is 0 Å². The van der Waals surface area contributed by atoms with Gasteiger partial charge in [-0.15, -0.1) is 0 Å². The topological polar surface area (TPSA) is 49.8 Å². The van der Waals surface area contributed by atoms with E-state index in [4.69, 9.17) is 4.74 Å². The van der Waals surface area contributed by atoms with Gasteiger partial charge in [-0.1, -0.05) is 43.0 Å². The van der Waals surface area contributed by atoms with Crippen molar-refractivity contribution < 1.29 is 19.0 Å². The second-order valence-electron chi connectivity index (χ2n) is 11.7. The zero-order chi connectivity index (χ0) is 26.7. The molecule has 5 atom stereocenters. The van der Waals surface area contributed by atoms with Gasteiger partial charge < -0.3 is 14.7 Å². The summed E-state index contributed by atoms with van der Waals surface area (Å²) in [5.74, 6) is 6.08. The van der Waals surface area contributed by atoms with Crippen LogP contribution >= 0.6 is 0 Å². The first-order valence-corrected chi connectivity index (χ1v) is 13.6. The number of carbonyl (C=O) groups excluding carboxylic acids is 1. The maximum atomic E-state index is 14.4. The van der Waals surface area contributed by atoms with Crippen molar-refractivity contribution in [1.29, 1.82) is 0 Å². The number of carbonyl (C=O) groups is 1. The molecule has 0 unspecified atom stereocenters. The molecule has 6 rings (SSSR count). The van der Waals surface area contributed by atoms with E-state index in [1.807, 2.05) is 14.1 Å². The second-order valence-corrected chi connectivity index (χ2v) is 11.7. The largest absolute Gasteiger partial charge is 0.493 e. The number of allylic oxidation sites excluding steroid dienone is 2. The quantitative estimate of drug-likeness (QED) is 0.510. The average Bonchev–Trinajstić information content (AvgIpc) is 3.17. The number of nitrogens with zero attached hydrogens (tertiary/aromatic N) is 1. The Labute approximate surface area is 224 Å². The molecule has 0 bridgehead atoms. The van der Waals surface area contributed by atoms with Crippen molar-refractivity contribution in [3.05, 3.63) is 88.5 Å². The second kappa shape index (κ2) is 9.13. The molecule has 2 aromatic rings. The van der Waals surface area contributed by atoms with Gasteiger partial charge in [-0.2, -0.15) is 0 Å². The fourth-order valence-corrected chi connectivity index (χ4v) is 7.25. The van der Waals surface area contributed by atoms with Crippen LogP contribution in [0.15, 0.2) is 71.5 Å². The van der Waals surface area contributed by atoms with Crippen LogP contribution in [0.2, 0.25) is 0 Å². The molecule has 1 aliphatic heterocycles. The fourth-order valence-electron chi connectivity index (χ4n) is 7.25. The molecule has 5 heteroatoms. The highest BCUT2D eigenvalue weighted by atomic mass is 19.1. The fraction of sp³-hybridized carbons (Fsp3) is 0.424.